The average molecular weight is 485 g/mol. The molecule has 0 saturated carbocycles. The van der Waals surface area contributed by atoms with E-state index in [1.54, 1.807) is 32.1 Å². The lowest BCUT2D eigenvalue weighted by Gasteiger charge is -2.38. The first kappa shape index (κ1) is 26.4. The summed E-state index contributed by atoms with van der Waals surface area (Å²) in [5.41, 5.74) is -1.44. The predicted molar refractivity (Wildman–Crippen MR) is 133 cm³/mol. The maximum absolute atomic E-state index is 13.8. The molecule has 1 heterocycles. The lowest BCUT2D eigenvalue weighted by Crippen LogP contribution is -2.46. The van der Waals surface area contributed by atoms with Gasteiger partial charge in [0.25, 0.3) is 0 Å². The normalized spacial score (nSPS) is 17.3. The first-order valence-corrected chi connectivity index (χ1v) is 11.2. The fourth-order valence-corrected chi connectivity index (χ4v) is 3.75. The van der Waals surface area contributed by atoms with Crippen LogP contribution in [0, 0.1) is 0 Å². The topological polar surface area (TPSA) is 93.4 Å². The third-order valence-corrected chi connectivity index (χ3v) is 5.54. The van der Waals surface area contributed by atoms with E-state index in [2.05, 4.69) is 6.58 Å². The molecule has 8 nitrogen and oxygen atoms in total. The summed E-state index contributed by atoms with van der Waals surface area (Å²) in [6.07, 6.45) is 6.48. The van der Waals surface area contributed by atoms with Crippen LogP contribution >= 0.6 is 0 Å². The zero-order valence-corrected chi connectivity index (χ0v) is 21.1. The molecule has 1 aromatic heterocycles. The highest BCUT2D eigenvalue weighted by Crippen LogP contribution is 2.43. The number of carbonyl (C=O) groups excluding carboxylic acids is 1. The lowest BCUT2D eigenvalue weighted by atomic mass is 9.82. The maximum Gasteiger partial charge on any atom is 0.204 e. The third kappa shape index (κ3) is 5.40. The van der Waals surface area contributed by atoms with Crippen molar-refractivity contribution in [2.24, 2.45) is 0 Å². The predicted octanol–water partition coefficient (Wildman–Crippen LogP) is 4.89. The van der Waals surface area contributed by atoms with E-state index in [0.717, 1.165) is 5.57 Å². The van der Waals surface area contributed by atoms with Crippen molar-refractivity contribution in [3.05, 3.63) is 64.1 Å². The van der Waals surface area contributed by atoms with Crippen molar-refractivity contribution in [2.45, 2.75) is 45.3 Å². The Balaban J connectivity index is 2.36. The van der Waals surface area contributed by atoms with Gasteiger partial charge in [-0.1, -0.05) is 17.7 Å². The highest BCUT2D eigenvalue weighted by molar-refractivity contribution is 6.04. The Hall–Kier alpha value is -3.20. The summed E-state index contributed by atoms with van der Waals surface area (Å²) in [6.45, 7) is 11.2. The van der Waals surface area contributed by atoms with Crippen LogP contribution in [-0.4, -0.2) is 39.2 Å². The largest absolute Gasteiger partial charge is 0.467 e. The number of allylic oxidation sites excluding steroid dienone is 1. The second-order valence-corrected chi connectivity index (χ2v) is 8.99. The van der Waals surface area contributed by atoms with E-state index in [9.17, 15) is 9.59 Å². The molecule has 1 aliphatic rings. The van der Waals surface area contributed by atoms with Gasteiger partial charge in [0, 0.05) is 32.8 Å². The van der Waals surface area contributed by atoms with E-state index in [1.807, 2.05) is 19.9 Å². The first-order valence-electron chi connectivity index (χ1n) is 11.2. The Morgan fingerprint density at radius 1 is 1.09 bits per heavy atom. The molecule has 0 N–H and O–H groups in total. The van der Waals surface area contributed by atoms with Crippen LogP contribution in [0.2, 0.25) is 0 Å². The molecule has 3 rings (SSSR count). The fourth-order valence-electron chi connectivity index (χ4n) is 3.75. The molecule has 0 radical (unpaired) electrons. The van der Waals surface area contributed by atoms with Crippen LogP contribution in [0.25, 0.3) is 17.0 Å². The second kappa shape index (κ2) is 10.6. The summed E-state index contributed by atoms with van der Waals surface area (Å²) < 4.78 is 34.0. The Kier molecular flexibility index (Phi) is 8.00. The van der Waals surface area contributed by atoms with Gasteiger partial charge in [0.05, 0.1) is 11.2 Å². The number of hydrogen-bond donors (Lipinski definition) is 0. The zero-order chi connectivity index (χ0) is 25.8. The molecule has 188 valence electrons. The van der Waals surface area contributed by atoms with Gasteiger partial charge in [-0.25, -0.2) is 0 Å². The molecule has 1 aliphatic carbocycles. The highest BCUT2D eigenvalue weighted by Gasteiger charge is 2.49. The number of ketones is 1. The van der Waals surface area contributed by atoms with Crippen LogP contribution in [0.4, 0.5) is 0 Å². The maximum atomic E-state index is 13.8. The van der Waals surface area contributed by atoms with Crippen molar-refractivity contribution >= 4 is 22.8 Å². The van der Waals surface area contributed by atoms with Gasteiger partial charge < -0.3 is 28.1 Å². The van der Waals surface area contributed by atoms with Gasteiger partial charge in [-0.2, -0.15) is 0 Å². The second-order valence-electron chi connectivity index (χ2n) is 8.99. The minimum absolute atomic E-state index is 0.0211. The van der Waals surface area contributed by atoms with Crippen LogP contribution in [0.1, 0.15) is 45.4 Å². The van der Waals surface area contributed by atoms with E-state index >= 15 is 0 Å². The Bertz CT molecular complexity index is 1230. The summed E-state index contributed by atoms with van der Waals surface area (Å²) in [4.78, 5) is 27.2. The summed E-state index contributed by atoms with van der Waals surface area (Å²) in [6, 6.07) is 3.12. The minimum atomic E-state index is -1.57. The highest BCUT2D eigenvalue weighted by atomic mass is 16.7. The summed E-state index contributed by atoms with van der Waals surface area (Å²) in [7, 11) is 2.97. The first-order chi connectivity index (χ1) is 16.6. The van der Waals surface area contributed by atoms with Crippen LogP contribution in [0.5, 0.6) is 11.5 Å². The SMILES string of the molecule is C=CC(C)(C)OC1(CC=C(C)C)C(=O)C=Cc2c1oc1cc(OCOC)cc(OCOC)c1c2=O. The van der Waals surface area contributed by atoms with Crippen molar-refractivity contribution in [3.8, 4) is 11.5 Å². The zero-order valence-electron chi connectivity index (χ0n) is 21.1. The number of hydrogen-bond acceptors (Lipinski definition) is 8. The van der Waals surface area contributed by atoms with E-state index < -0.39 is 11.2 Å². The van der Waals surface area contributed by atoms with Crippen LogP contribution in [-0.2, 0) is 24.6 Å². The summed E-state index contributed by atoms with van der Waals surface area (Å²) >= 11 is 0. The number of fused-ring (bicyclic) bond motifs is 2. The Labute approximate surface area is 204 Å². The molecule has 35 heavy (non-hydrogen) atoms. The van der Waals surface area contributed by atoms with Crippen LogP contribution in [0.15, 0.2) is 51.7 Å². The number of methoxy groups -OCH3 is 2. The smallest absolute Gasteiger partial charge is 0.204 e. The van der Waals surface area contributed by atoms with Gasteiger partial charge in [-0.15, -0.1) is 6.58 Å². The quantitative estimate of drug-likeness (QED) is 0.329. The van der Waals surface area contributed by atoms with Gasteiger partial charge in [-0.3, -0.25) is 9.59 Å². The van der Waals surface area contributed by atoms with Gasteiger partial charge in [0.2, 0.25) is 5.43 Å². The minimum Gasteiger partial charge on any atom is -0.467 e. The van der Waals surface area contributed by atoms with E-state index in [-0.39, 0.29) is 59.3 Å². The Morgan fingerprint density at radius 2 is 1.77 bits per heavy atom. The molecular weight excluding hydrogens is 452 g/mol. The molecule has 0 fully saturated rings. The fraction of sp³-hybridized carbons (Fsp3) is 0.407. The monoisotopic (exact) mass is 484 g/mol. The molecule has 0 aliphatic heterocycles. The van der Waals surface area contributed by atoms with Crippen molar-refractivity contribution in [1.82, 2.24) is 0 Å². The molecule has 2 aromatic rings. The van der Waals surface area contributed by atoms with Gasteiger partial charge in [0.15, 0.2) is 30.7 Å². The molecule has 1 aromatic carbocycles. The Morgan fingerprint density at radius 3 is 2.40 bits per heavy atom. The van der Waals surface area contributed by atoms with Crippen molar-refractivity contribution in [2.75, 3.05) is 27.8 Å². The van der Waals surface area contributed by atoms with Crippen LogP contribution in [0.3, 0.4) is 0 Å². The molecule has 0 amide bonds. The van der Waals surface area contributed by atoms with E-state index in [1.165, 1.54) is 26.4 Å². The van der Waals surface area contributed by atoms with Gasteiger partial charge in [-0.05, 0) is 39.8 Å². The number of benzene rings is 1. The van der Waals surface area contributed by atoms with Crippen LogP contribution < -0.4 is 14.9 Å². The number of carbonyl (C=O) groups is 1. The average Bonchev–Trinajstić information content (AvgIpc) is 2.82. The molecule has 1 unspecified atom stereocenters. The molecule has 0 spiro atoms. The van der Waals surface area contributed by atoms with Crippen molar-refractivity contribution in [1.29, 1.82) is 0 Å². The summed E-state index contributed by atoms with van der Waals surface area (Å²) in [5.74, 6) is 0.368. The number of ether oxygens (including phenoxy) is 5. The molecule has 0 saturated heterocycles. The third-order valence-electron chi connectivity index (χ3n) is 5.54. The van der Waals surface area contributed by atoms with Gasteiger partial charge >= 0.3 is 0 Å². The molecule has 0 bridgehead atoms. The lowest BCUT2D eigenvalue weighted by molar-refractivity contribution is -0.162. The standard InChI is InChI=1S/C27H32O8/c1-8-26(4,5)35-27(12-11-17(2)3)22(28)10-9-19-24(29)23-20(33-16-31-7)13-18(32-15-30-6)14-21(23)34-25(19)27/h8-11,13-14H,1,12,15-16H2,2-7H3. The van der Waals surface area contributed by atoms with Gasteiger partial charge in [0.1, 0.15) is 22.5 Å². The number of rotatable bonds is 11. The molecular formula is C27H32O8. The van der Waals surface area contributed by atoms with E-state index in [0.29, 0.717) is 5.75 Å². The summed E-state index contributed by atoms with van der Waals surface area (Å²) in [5, 5.41) is 0.198. The molecule has 1 atom stereocenters. The van der Waals surface area contributed by atoms with E-state index in [4.69, 9.17) is 28.1 Å². The molecule has 8 heteroatoms. The van der Waals surface area contributed by atoms with Crippen molar-refractivity contribution < 1.29 is 32.9 Å². The van der Waals surface area contributed by atoms with Crippen molar-refractivity contribution in [3.63, 3.8) is 0 Å².